The summed E-state index contributed by atoms with van der Waals surface area (Å²) in [6, 6.07) is 1.77. The molecule has 1 aromatic rings. The van der Waals surface area contributed by atoms with Gasteiger partial charge in [0.2, 0.25) is 0 Å². The maximum absolute atomic E-state index is 11.5. The standard InChI is InChI=1S/C17H29O4P/c1-8-12-11(10-22(19,20)21)9-13(16(2,3)4)15(18)14(12)17(5,6)7/h9,18H,8,10H2,1-7H3,(H2,19,20,21). The predicted octanol–water partition coefficient (Wildman–Crippen LogP) is 4.23. The van der Waals surface area contributed by atoms with E-state index in [2.05, 4.69) is 0 Å². The summed E-state index contributed by atoms with van der Waals surface area (Å²) in [5.41, 5.74) is 2.41. The molecule has 0 unspecified atom stereocenters. The zero-order valence-electron chi connectivity index (χ0n) is 14.7. The van der Waals surface area contributed by atoms with E-state index in [1.54, 1.807) is 6.07 Å². The van der Waals surface area contributed by atoms with Crippen molar-refractivity contribution in [3.8, 4) is 5.75 Å². The molecule has 4 nitrogen and oxygen atoms in total. The fourth-order valence-electron chi connectivity index (χ4n) is 2.91. The lowest BCUT2D eigenvalue weighted by Gasteiger charge is -2.31. The molecule has 5 heteroatoms. The molecule has 1 rings (SSSR count). The molecular formula is C17H29O4P. The second-order valence-corrected chi connectivity index (χ2v) is 9.61. The lowest BCUT2D eigenvalue weighted by molar-refractivity contribution is 0.371. The fraction of sp³-hybridized carbons (Fsp3) is 0.647. The summed E-state index contributed by atoms with van der Waals surface area (Å²) in [4.78, 5) is 18.8. The normalized spacial score (nSPS) is 13.5. The van der Waals surface area contributed by atoms with Gasteiger partial charge in [0.15, 0.2) is 0 Å². The Labute approximate surface area is 133 Å². The van der Waals surface area contributed by atoms with Gasteiger partial charge in [-0.1, -0.05) is 54.5 Å². The minimum atomic E-state index is -4.17. The SMILES string of the molecule is CCc1c(CP(=O)(O)O)cc(C(C)(C)C)c(O)c1C(C)(C)C. The lowest BCUT2D eigenvalue weighted by Crippen LogP contribution is -2.20. The first kappa shape index (κ1) is 19.2. The predicted molar refractivity (Wildman–Crippen MR) is 90.6 cm³/mol. The van der Waals surface area contributed by atoms with E-state index in [4.69, 9.17) is 0 Å². The van der Waals surface area contributed by atoms with Crippen molar-refractivity contribution in [1.82, 2.24) is 0 Å². The molecule has 22 heavy (non-hydrogen) atoms. The molecular weight excluding hydrogens is 299 g/mol. The molecule has 0 aliphatic carbocycles. The van der Waals surface area contributed by atoms with Gasteiger partial charge in [-0.25, -0.2) is 0 Å². The highest BCUT2D eigenvalue weighted by Crippen LogP contribution is 2.47. The molecule has 0 radical (unpaired) electrons. The number of phenols is 1. The summed E-state index contributed by atoms with van der Waals surface area (Å²) in [6.07, 6.45) is 0.336. The zero-order chi connectivity index (χ0) is 17.5. The molecule has 0 saturated carbocycles. The molecule has 0 bridgehead atoms. The third-order valence-corrected chi connectivity index (χ3v) is 4.54. The minimum absolute atomic E-state index is 0.256. The van der Waals surface area contributed by atoms with Crippen LogP contribution in [0.3, 0.4) is 0 Å². The molecule has 0 amide bonds. The Balaban J connectivity index is 3.82. The maximum Gasteiger partial charge on any atom is 0.329 e. The average Bonchev–Trinajstić information content (AvgIpc) is 2.25. The second kappa shape index (κ2) is 5.99. The van der Waals surface area contributed by atoms with Crippen LogP contribution in [0.2, 0.25) is 0 Å². The van der Waals surface area contributed by atoms with Gasteiger partial charge in [0.25, 0.3) is 0 Å². The summed E-state index contributed by atoms with van der Waals surface area (Å²) in [6.45, 7) is 13.9. The van der Waals surface area contributed by atoms with Crippen LogP contribution >= 0.6 is 7.60 Å². The fourth-order valence-corrected chi connectivity index (χ4v) is 3.64. The molecule has 0 spiro atoms. The zero-order valence-corrected chi connectivity index (χ0v) is 15.6. The summed E-state index contributed by atoms with van der Waals surface area (Å²) in [5.74, 6) is 0.256. The largest absolute Gasteiger partial charge is 0.507 e. The molecule has 1 aromatic carbocycles. The number of benzene rings is 1. The van der Waals surface area contributed by atoms with E-state index >= 15 is 0 Å². The van der Waals surface area contributed by atoms with Gasteiger partial charge >= 0.3 is 7.60 Å². The third kappa shape index (κ3) is 4.34. The van der Waals surface area contributed by atoms with Crippen molar-refractivity contribution < 1.29 is 19.5 Å². The summed E-state index contributed by atoms with van der Waals surface area (Å²) < 4.78 is 11.5. The number of hydrogen-bond donors (Lipinski definition) is 3. The molecule has 0 fully saturated rings. The van der Waals surface area contributed by atoms with Crippen LogP contribution in [-0.4, -0.2) is 14.9 Å². The Kier molecular flexibility index (Phi) is 5.23. The smallest absolute Gasteiger partial charge is 0.329 e. The topological polar surface area (TPSA) is 77.8 Å². The van der Waals surface area contributed by atoms with Crippen LogP contribution in [0.5, 0.6) is 5.75 Å². The molecule has 0 aliphatic rings. The first-order chi connectivity index (χ1) is 9.68. The van der Waals surface area contributed by atoms with Crippen LogP contribution in [0.25, 0.3) is 0 Å². The van der Waals surface area contributed by atoms with Crippen molar-refractivity contribution in [3.63, 3.8) is 0 Å². The van der Waals surface area contributed by atoms with Crippen LogP contribution in [0, 0.1) is 0 Å². The van der Waals surface area contributed by atoms with Gasteiger partial charge in [0.05, 0.1) is 6.16 Å². The van der Waals surface area contributed by atoms with Crippen molar-refractivity contribution in [2.75, 3.05) is 0 Å². The van der Waals surface area contributed by atoms with Gasteiger partial charge in [-0.3, -0.25) is 4.57 Å². The van der Waals surface area contributed by atoms with Gasteiger partial charge in [0.1, 0.15) is 5.75 Å². The van der Waals surface area contributed by atoms with E-state index in [0.29, 0.717) is 12.0 Å². The third-order valence-electron chi connectivity index (χ3n) is 3.79. The van der Waals surface area contributed by atoms with Gasteiger partial charge in [-0.2, -0.15) is 0 Å². The van der Waals surface area contributed by atoms with E-state index in [-0.39, 0.29) is 22.7 Å². The monoisotopic (exact) mass is 328 g/mol. The van der Waals surface area contributed by atoms with E-state index in [9.17, 15) is 19.5 Å². The van der Waals surface area contributed by atoms with Gasteiger partial charge in [-0.15, -0.1) is 0 Å². The second-order valence-electron chi connectivity index (χ2n) is 7.96. The van der Waals surface area contributed by atoms with E-state index < -0.39 is 7.60 Å². The van der Waals surface area contributed by atoms with Gasteiger partial charge in [0, 0.05) is 5.56 Å². The van der Waals surface area contributed by atoms with E-state index in [1.807, 2.05) is 48.5 Å². The Morgan fingerprint density at radius 3 is 1.86 bits per heavy atom. The van der Waals surface area contributed by atoms with E-state index in [0.717, 1.165) is 16.7 Å². The average molecular weight is 328 g/mol. The van der Waals surface area contributed by atoms with E-state index in [1.165, 1.54) is 0 Å². The first-order valence-corrected chi connectivity index (χ1v) is 9.41. The highest BCUT2D eigenvalue weighted by atomic mass is 31.2. The molecule has 0 aromatic heterocycles. The van der Waals surface area contributed by atoms with Crippen molar-refractivity contribution >= 4 is 7.60 Å². The van der Waals surface area contributed by atoms with Crippen molar-refractivity contribution in [1.29, 1.82) is 0 Å². The van der Waals surface area contributed by atoms with Crippen molar-refractivity contribution in [3.05, 3.63) is 28.3 Å². The molecule has 0 saturated heterocycles. The van der Waals surface area contributed by atoms with Crippen LogP contribution in [-0.2, 0) is 28.0 Å². The Bertz CT molecular complexity index is 601. The van der Waals surface area contributed by atoms with Gasteiger partial charge < -0.3 is 14.9 Å². The number of hydrogen-bond acceptors (Lipinski definition) is 2. The number of rotatable bonds is 3. The summed E-state index contributed by atoms with van der Waals surface area (Å²) >= 11 is 0. The lowest BCUT2D eigenvalue weighted by atomic mass is 9.75. The van der Waals surface area contributed by atoms with Gasteiger partial charge in [-0.05, 0) is 33.9 Å². The molecule has 3 N–H and O–H groups in total. The van der Waals surface area contributed by atoms with Crippen molar-refractivity contribution in [2.45, 2.75) is 71.9 Å². The quantitative estimate of drug-likeness (QED) is 0.726. The molecule has 126 valence electrons. The summed E-state index contributed by atoms with van der Waals surface area (Å²) in [7, 11) is -4.17. The first-order valence-electron chi connectivity index (χ1n) is 7.61. The highest BCUT2D eigenvalue weighted by Gasteiger charge is 2.31. The summed E-state index contributed by atoms with van der Waals surface area (Å²) in [5, 5.41) is 10.8. The van der Waals surface area contributed by atoms with Crippen LogP contribution in [0.4, 0.5) is 0 Å². The van der Waals surface area contributed by atoms with Crippen LogP contribution in [0.1, 0.15) is 70.7 Å². The minimum Gasteiger partial charge on any atom is -0.507 e. The van der Waals surface area contributed by atoms with Crippen molar-refractivity contribution in [2.24, 2.45) is 0 Å². The van der Waals surface area contributed by atoms with Crippen LogP contribution < -0.4 is 0 Å². The molecule has 0 atom stereocenters. The Hall–Kier alpha value is -0.830. The number of aromatic hydroxyl groups is 1. The molecule has 0 heterocycles. The highest BCUT2D eigenvalue weighted by molar-refractivity contribution is 7.50. The number of phenolic OH excluding ortho intramolecular Hbond substituents is 1. The Morgan fingerprint density at radius 2 is 1.55 bits per heavy atom. The molecule has 0 aliphatic heterocycles. The van der Waals surface area contributed by atoms with Crippen LogP contribution in [0.15, 0.2) is 6.07 Å². The Morgan fingerprint density at radius 1 is 1.05 bits per heavy atom. The maximum atomic E-state index is 11.5.